The fourth-order valence-electron chi connectivity index (χ4n) is 8.93. The number of carbonyl (C=O) groups excluding carboxylic acids is 4. The number of para-hydroxylation sites is 1. The van der Waals surface area contributed by atoms with Crippen LogP contribution in [-0.4, -0.2) is 45.3 Å². The van der Waals surface area contributed by atoms with Gasteiger partial charge in [-0.2, -0.15) is 0 Å². The van der Waals surface area contributed by atoms with Crippen molar-refractivity contribution >= 4 is 40.1 Å². The number of phenolic OH excluding ortho intramolecular Hbond substituents is 2. The Morgan fingerprint density at radius 3 is 2.21 bits per heavy atom. The summed E-state index contributed by atoms with van der Waals surface area (Å²) in [5, 5.41) is 21.9. The Balaban J connectivity index is 1.24. The monoisotopic (exact) mass is 626 g/mol. The number of anilines is 1. The summed E-state index contributed by atoms with van der Waals surface area (Å²) in [4.78, 5) is 59.7. The van der Waals surface area contributed by atoms with Gasteiger partial charge in [-0.05, 0) is 78.9 Å². The van der Waals surface area contributed by atoms with Crippen LogP contribution in [0.2, 0.25) is 0 Å². The molecule has 0 bridgehead atoms. The minimum absolute atomic E-state index is 0.122. The largest absolute Gasteiger partial charge is 0.508 e. The molecule has 2 N–H and O–H groups in total. The molecule has 4 aliphatic rings. The van der Waals surface area contributed by atoms with Crippen molar-refractivity contribution in [2.75, 3.05) is 11.4 Å². The second-order valence-corrected chi connectivity index (χ2v) is 13.5. The lowest BCUT2D eigenvalue weighted by atomic mass is 9.51. The third-order valence-electron chi connectivity index (χ3n) is 11.2. The zero-order chi connectivity index (χ0) is 32.6. The van der Waals surface area contributed by atoms with Crippen LogP contribution in [0, 0.1) is 29.1 Å². The first-order chi connectivity index (χ1) is 22.7. The molecule has 236 valence electrons. The number of benzene rings is 4. The van der Waals surface area contributed by atoms with Crippen molar-refractivity contribution in [3.05, 3.63) is 114 Å². The van der Waals surface area contributed by atoms with Gasteiger partial charge in [0.1, 0.15) is 11.5 Å². The zero-order valence-corrected chi connectivity index (χ0v) is 25.9. The number of nitrogens with zero attached hydrogens (tertiary/aromatic N) is 2. The van der Waals surface area contributed by atoms with Crippen LogP contribution in [0.5, 0.6) is 11.5 Å². The van der Waals surface area contributed by atoms with Crippen molar-refractivity contribution < 1.29 is 29.4 Å². The van der Waals surface area contributed by atoms with Gasteiger partial charge in [0.15, 0.2) is 0 Å². The van der Waals surface area contributed by atoms with E-state index < -0.39 is 35.0 Å². The van der Waals surface area contributed by atoms with E-state index in [9.17, 15) is 29.4 Å². The lowest BCUT2D eigenvalue weighted by molar-refractivity contribution is -0.140. The molecule has 8 nitrogen and oxygen atoms in total. The fourth-order valence-corrected chi connectivity index (χ4v) is 8.93. The van der Waals surface area contributed by atoms with E-state index >= 15 is 0 Å². The third kappa shape index (κ3) is 4.20. The van der Waals surface area contributed by atoms with Gasteiger partial charge in [-0.25, -0.2) is 4.90 Å². The van der Waals surface area contributed by atoms with E-state index in [0.717, 1.165) is 22.1 Å². The number of allylic oxidation sites excluding steroid dienone is 2. The number of fused-ring (bicyclic) bond motifs is 5. The summed E-state index contributed by atoms with van der Waals surface area (Å²) in [6.45, 7) is 2.10. The molecule has 4 aromatic rings. The average molecular weight is 627 g/mol. The summed E-state index contributed by atoms with van der Waals surface area (Å²) >= 11 is 0. The van der Waals surface area contributed by atoms with E-state index in [1.165, 1.54) is 9.80 Å². The first-order valence-electron chi connectivity index (χ1n) is 16.2. The second-order valence-electron chi connectivity index (χ2n) is 13.5. The number of aromatic hydroxyl groups is 2. The summed E-state index contributed by atoms with van der Waals surface area (Å²) in [5.41, 5.74) is 1.98. The normalized spacial score (nSPS) is 28.4. The molecule has 4 amide bonds. The van der Waals surface area contributed by atoms with Crippen molar-refractivity contribution in [2.45, 2.75) is 32.1 Å². The molecule has 47 heavy (non-hydrogen) atoms. The Kier molecular flexibility index (Phi) is 6.62. The Morgan fingerprint density at radius 2 is 1.47 bits per heavy atom. The van der Waals surface area contributed by atoms with Crippen LogP contribution >= 0.6 is 0 Å². The third-order valence-corrected chi connectivity index (χ3v) is 11.2. The average Bonchev–Trinajstić information content (AvgIpc) is 3.44. The Labute approximate surface area is 271 Å². The highest BCUT2D eigenvalue weighted by atomic mass is 16.3. The highest BCUT2D eigenvalue weighted by Crippen LogP contribution is 2.64. The summed E-state index contributed by atoms with van der Waals surface area (Å²) < 4.78 is 0. The summed E-state index contributed by atoms with van der Waals surface area (Å²) in [6.07, 6.45) is 3.17. The van der Waals surface area contributed by atoms with Crippen LogP contribution in [-0.2, 0) is 25.6 Å². The molecule has 0 aromatic heterocycles. The predicted octanol–water partition coefficient (Wildman–Crippen LogP) is 5.72. The van der Waals surface area contributed by atoms with E-state index in [2.05, 4.69) is 6.08 Å². The van der Waals surface area contributed by atoms with Gasteiger partial charge in [0.05, 0.1) is 28.9 Å². The maximum atomic E-state index is 14.7. The fraction of sp³-hybridized carbons (Fsp3) is 0.282. The van der Waals surface area contributed by atoms with Gasteiger partial charge in [-0.3, -0.25) is 24.1 Å². The quantitative estimate of drug-likeness (QED) is 0.216. The number of hydrogen-bond acceptors (Lipinski definition) is 6. The van der Waals surface area contributed by atoms with E-state index in [1.54, 1.807) is 54.6 Å². The minimum Gasteiger partial charge on any atom is -0.508 e. The molecular weight excluding hydrogens is 592 g/mol. The molecule has 8 heteroatoms. The lowest BCUT2D eigenvalue weighted by Gasteiger charge is -2.49. The molecule has 1 saturated carbocycles. The standard InChI is InChI=1S/C39H34N2O6/c1-39-31(36(45)41(38(39)47)23-7-3-2-4-8-23)21-30-28(34(39)27-17-18-32(43)26-10-6-5-9-25(26)27)15-16-29-33(30)37(46)40(35(29)44)20-19-22-11-13-24(42)14-12-22/h2-15,17-18,29-31,33-34,42-43H,16,19-21H2,1H3/t29-,30+,31-,33-,34-,39+/m0/s1. The Morgan fingerprint density at radius 1 is 0.766 bits per heavy atom. The predicted molar refractivity (Wildman–Crippen MR) is 175 cm³/mol. The van der Waals surface area contributed by atoms with Crippen LogP contribution in [0.4, 0.5) is 5.69 Å². The molecule has 8 rings (SSSR count). The van der Waals surface area contributed by atoms with Crippen LogP contribution in [0.3, 0.4) is 0 Å². The van der Waals surface area contributed by atoms with Gasteiger partial charge in [-0.1, -0.05) is 72.3 Å². The van der Waals surface area contributed by atoms with Crippen molar-refractivity contribution in [3.8, 4) is 11.5 Å². The smallest absolute Gasteiger partial charge is 0.241 e. The van der Waals surface area contributed by atoms with Gasteiger partial charge in [0.25, 0.3) is 0 Å². The number of phenols is 2. The van der Waals surface area contributed by atoms with Gasteiger partial charge in [-0.15, -0.1) is 0 Å². The molecule has 0 spiro atoms. The first-order valence-corrected chi connectivity index (χ1v) is 16.2. The molecule has 0 radical (unpaired) electrons. The molecule has 2 heterocycles. The summed E-state index contributed by atoms with van der Waals surface area (Å²) in [7, 11) is 0. The molecule has 6 atom stereocenters. The molecule has 0 unspecified atom stereocenters. The SMILES string of the molecule is C[C@@]12C(=O)N(c3ccccc3)C(=O)[C@@H]1C[C@@H]1C(=CC[C@@H]3C(=O)N(CCc4ccc(O)cc4)C(=O)[C@@H]31)[C@@H]2c1ccc(O)c2ccccc12. The van der Waals surface area contributed by atoms with E-state index in [1.807, 2.05) is 43.3 Å². The van der Waals surface area contributed by atoms with E-state index in [-0.39, 0.29) is 48.1 Å². The molecule has 4 aromatic carbocycles. The number of imide groups is 2. The number of carbonyl (C=O) groups is 4. The van der Waals surface area contributed by atoms with E-state index in [4.69, 9.17) is 0 Å². The van der Waals surface area contributed by atoms with Gasteiger partial charge in [0.2, 0.25) is 23.6 Å². The maximum absolute atomic E-state index is 14.7. The number of amides is 4. The van der Waals surface area contributed by atoms with Crippen molar-refractivity contribution in [1.82, 2.24) is 4.90 Å². The van der Waals surface area contributed by atoms with Crippen molar-refractivity contribution in [2.24, 2.45) is 29.1 Å². The summed E-state index contributed by atoms with van der Waals surface area (Å²) in [6, 6.07) is 26.7. The Hall–Kier alpha value is -5.24. The van der Waals surface area contributed by atoms with Crippen LogP contribution in [0.25, 0.3) is 10.8 Å². The van der Waals surface area contributed by atoms with Crippen molar-refractivity contribution in [1.29, 1.82) is 0 Å². The molecule has 2 aliphatic carbocycles. The Bertz CT molecular complexity index is 2000. The van der Waals surface area contributed by atoms with E-state index in [0.29, 0.717) is 23.9 Å². The highest BCUT2D eigenvalue weighted by Gasteiger charge is 2.67. The number of hydrogen-bond donors (Lipinski definition) is 2. The van der Waals surface area contributed by atoms with Crippen LogP contribution in [0.15, 0.2) is 103 Å². The van der Waals surface area contributed by atoms with Gasteiger partial charge >= 0.3 is 0 Å². The topological polar surface area (TPSA) is 115 Å². The first kappa shape index (κ1) is 29.2. The highest BCUT2D eigenvalue weighted by molar-refractivity contribution is 6.24. The van der Waals surface area contributed by atoms with Gasteiger partial charge < -0.3 is 10.2 Å². The number of likely N-dealkylation sites (tertiary alicyclic amines) is 1. The van der Waals surface area contributed by atoms with Crippen molar-refractivity contribution in [3.63, 3.8) is 0 Å². The number of rotatable bonds is 5. The van der Waals surface area contributed by atoms with Crippen LogP contribution < -0.4 is 4.90 Å². The minimum atomic E-state index is -1.16. The molecule has 3 fully saturated rings. The molecular formula is C39H34N2O6. The second kappa shape index (κ2) is 10.7. The van der Waals surface area contributed by atoms with Crippen LogP contribution in [0.1, 0.15) is 36.8 Å². The zero-order valence-electron chi connectivity index (χ0n) is 25.9. The molecule has 2 saturated heterocycles. The van der Waals surface area contributed by atoms with Gasteiger partial charge in [0, 0.05) is 17.8 Å². The lowest BCUT2D eigenvalue weighted by Crippen LogP contribution is -2.49. The maximum Gasteiger partial charge on any atom is 0.241 e. The summed E-state index contributed by atoms with van der Waals surface area (Å²) in [5.74, 6) is -3.59. The molecule has 2 aliphatic heterocycles.